The number of carbonyl (C=O) groups excluding carboxylic acids is 1. The molecule has 122 valence electrons. The van der Waals surface area contributed by atoms with E-state index in [1.165, 1.54) is 0 Å². The second-order valence-electron chi connectivity index (χ2n) is 5.32. The van der Waals surface area contributed by atoms with E-state index in [1.54, 1.807) is 31.4 Å². The van der Waals surface area contributed by atoms with Gasteiger partial charge in [-0.05, 0) is 23.3 Å². The lowest BCUT2D eigenvalue weighted by molar-refractivity contribution is -0.121. The smallest absolute Gasteiger partial charge is 0.222 e. The number of hydrogen-bond acceptors (Lipinski definition) is 4. The summed E-state index contributed by atoms with van der Waals surface area (Å²) in [5.74, 6) is 0.474. The highest BCUT2D eigenvalue weighted by Crippen LogP contribution is 2.19. The molecule has 0 saturated heterocycles. The van der Waals surface area contributed by atoms with Gasteiger partial charge in [-0.2, -0.15) is 0 Å². The molecule has 0 aliphatic carbocycles. The number of nitrogens with one attached hydrogen (secondary N) is 1. The largest absolute Gasteiger partial charge is 0.497 e. The highest BCUT2D eigenvalue weighted by Gasteiger charge is 2.14. The van der Waals surface area contributed by atoms with Gasteiger partial charge >= 0.3 is 0 Å². The van der Waals surface area contributed by atoms with Gasteiger partial charge < -0.3 is 20.9 Å². The molecule has 2 rings (SSSR count). The molecular weight excluding hydrogens is 292 g/mol. The number of amides is 1. The average molecular weight is 314 g/mol. The van der Waals surface area contributed by atoms with Crippen molar-refractivity contribution in [3.05, 3.63) is 65.7 Å². The maximum Gasteiger partial charge on any atom is 0.222 e. The van der Waals surface area contributed by atoms with Gasteiger partial charge in [0.1, 0.15) is 5.75 Å². The number of carbonyl (C=O) groups is 1. The molecule has 23 heavy (non-hydrogen) atoms. The summed E-state index contributed by atoms with van der Waals surface area (Å²) in [6, 6.07) is 16.2. The van der Waals surface area contributed by atoms with Crippen molar-refractivity contribution in [2.45, 2.75) is 18.6 Å². The molecule has 5 nitrogen and oxygen atoms in total. The number of hydrogen-bond donors (Lipinski definition) is 3. The van der Waals surface area contributed by atoms with E-state index in [2.05, 4.69) is 5.32 Å². The Morgan fingerprint density at radius 1 is 1.17 bits per heavy atom. The highest BCUT2D eigenvalue weighted by molar-refractivity contribution is 5.76. The van der Waals surface area contributed by atoms with Gasteiger partial charge in [-0.25, -0.2) is 0 Å². The molecule has 0 radical (unpaired) electrons. The molecule has 2 aromatic rings. The van der Waals surface area contributed by atoms with Crippen LogP contribution in [-0.2, 0) is 4.79 Å². The number of aliphatic hydroxyl groups excluding tert-OH is 1. The third-order valence-electron chi connectivity index (χ3n) is 3.60. The van der Waals surface area contributed by atoms with Crippen molar-refractivity contribution >= 4 is 5.91 Å². The molecule has 5 heteroatoms. The SMILES string of the molecule is COc1cccc(C(O)CNC(=O)CC(N)c2ccccc2)c1. The molecule has 0 fully saturated rings. The molecule has 0 aromatic heterocycles. The Balaban J connectivity index is 1.84. The number of aliphatic hydroxyl groups is 1. The Morgan fingerprint density at radius 2 is 1.87 bits per heavy atom. The van der Waals surface area contributed by atoms with Crippen LogP contribution in [0.3, 0.4) is 0 Å². The van der Waals surface area contributed by atoms with E-state index in [1.807, 2.05) is 30.3 Å². The van der Waals surface area contributed by atoms with E-state index in [0.29, 0.717) is 11.3 Å². The zero-order chi connectivity index (χ0) is 16.7. The van der Waals surface area contributed by atoms with Crippen LogP contribution in [0.1, 0.15) is 29.7 Å². The number of methoxy groups -OCH3 is 1. The van der Waals surface area contributed by atoms with Gasteiger partial charge in [0, 0.05) is 19.0 Å². The van der Waals surface area contributed by atoms with Gasteiger partial charge in [-0.15, -0.1) is 0 Å². The maximum absolute atomic E-state index is 12.0. The van der Waals surface area contributed by atoms with Crippen LogP contribution in [0.2, 0.25) is 0 Å². The number of rotatable bonds is 7. The van der Waals surface area contributed by atoms with Crippen molar-refractivity contribution in [3.63, 3.8) is 0 Å². The molecule has 0 aliphatic rings. The van der Waals surface area contributed by atoms with Crippen LogP contribution in [0.5, 0.6) is 5.75 Å². The van der Waals surface area contributed by atoms with E-state index in [-0.39, 0.29) is 24.9 Å². The van der Waals surface area contributed by atoms with Crippen molar-refractivity contribution in [1.82, 2.24) is 5.32 Å². The molecule has 0 heterocycles. The molecule has 0 spiro atoms. The summed E-state index contributed by atoms with van der Waals surface area (Å²) in [6.07, 6.45) is -0.614. The Morgan fingerprint density at radius 3 is 2.57 bits per heavy atom. The molecule has 4 N–H and O–H groups in total. The fourth-order valence-electron chi connectivity index (χ4n) is 2.27. The topological polar surface area (TPSA) is 84.6 Å². The summed E-state index contributed by atoms with van der Waals surface area (Å²) < 4.78 is 5.12. The van der Waals surface area contributed by atoms with E-state index in [0.717, 1.165) is 5.56 Å². The van der Waals surface area contributed by atoms with E-state index < -0.39 is 6.10 Å². The van der Waals surface area contributed by atoms with Crippen LogP contribution < -0.4 is 15.8 Å². The summed E-state index contributed by atoms with van der Waals surface area (Å²) >= 11 is 0. The third kappa shape index (κ3) is 5.09. The minimum atomic E-state index is -0.790. The van der Waals surface area contributed by atoms with Crippen LogP contribution in [0.25, 0.3) is 0 Å². The molecule has 2 unspecified atom stereocenters. The fourth-order valence-corrected chi connectivity index (χ4v) is 2.27. The number of benzene rings is 2. The lowest BCUT2D eigenvalue weighted by Crippen LogP contribution is -2.31. The first-order valence-corrected chi connectivity index (χ1v) is 7.49. The predicted molar refractivity (Wildman–Crippen MR) is 89.0 cm³/mol. The van der Waals surface area contributed by atoms with Crippen molar-refractivity contribution in [2.75, 3.05) is 13.7 Å². The van der Waals surface area contributed by atoms with Gasteiger partial charge in [-0.3, -0.25) is 4.79 Å². The molecule has 1 amide bonds. The summed E-state index contributed by atoms with van der Waals surface area (Å²) in [4.78, 5) is 12.0. The van der Waals surface area contributed by atoms with Crippen LogP contribution in [0, 0.1) is 0 Å². The fraction of sp³-hybridized carbons (Fsp3) is 0.278. The van der Waals surface area contributed by atoms with Crippen LogP contribution in [0.4, 0.5) is 0 Å². The average Bonchev–Trinajstić information content (AvgIpc) is 2.60. The lowest BCUT2D eigenvalue weighted by atomic mass is 10.0. The highest BCUT2D eigenvalue weighted by atomic mass is 16.5. The molecule has 0 aliphatic heterocycles. The number of nitrogens with two attached hydrogens (primary N) is 1. The summed E-state index contributed by atoms with van der Waals surface area (Å²) in [6.45, 7) is 0.132. The van der Waals surface area contributed by atoms with Crippen LogP contribution >= 0.6 is 0 Å². The monoisotopic (exact) mass is 314 g/mol. The van der Waals surface area contributed by atoms with Gasteiger partial charge in [0.15, 0.2) is 0 Å². The van der Waals surface area contributed by atoms with Gasteiger partial charge in [0.2, 0.25) is 5.91 Å². The Bertz CT molecular complexity index is 631. The van der Waals surface area contributed by atoms with Crippen molar-refractivity contribution < 1.29 is 14.6 Å². The van der Waals surface area contributed by atoms with E-state index in [4.69, 9.17) is 10.5 Å². The van der Waals surface area contributed by atoms with Crippen molar-refractivity contribution in [2.24, 2.45) is 5.73 Å². The predicted octanol–water partition coefficient (Wildman–Crippen LogP) is 1.93. The van der Waals surface area contributed by atoms with E-state index in [9.17, 15) is 9.90 Å². The standard InChI is InChI=1S/C18H22N2O3/c1-23-15-9-5-8-14(10-15)17(21)12-20-18(22)11-16(19)13-6-3-2-4-7-13/h2-10,16-17,21H,11-12,19H2,1H3,(H,20,22). The second-order valence-corrected chi connectivity index (χ2v) is 5.32. The molecule has 2 atom stereocenters. The lowest BCUT2D eigenvalue weighted by Gasteiger charge is -2.15. The quantitative estimate of drug-likeness (QED) is 0.729. The van der Waals surface area contributed by atoms with Crippen LogP contribution in [0.15, 0.2) is 54.6 Å². The normalized spacial score (nSPS) is 13.2. The Hall–Kier alpha value is -2.37. The van der Waals surface area contributed by atoms with Crippen LogP contribution in [-0.4, -0.2) is 24.7 Å². The summed E-state index contributed by atoms with van der Waals surface area (Å²) in [5.41, 5.74) is 7.62. The molecule has 2 aromatic carbocycles. The Kier molecular flexibility index (Phi) is 6.14. The Labute approximate surface area is 136 Å². The molecule has 0 saturated carbocycles. The van der Waals surface area contributed by atoms with Crippen molar-refractivity contribution in [3.8, 4) is 5.75 Å². The maximum atomic E-state index is 12.0. The van der Waals surface area contributed by atoms with Crippen molar-refractivity contribution in [1.29, 1.82) is 0 Å². The molecule has 0 bridgehead atoms. The first kappa shape index (κ1) is 17.0. The second kappa shape index (κ2) is 8.31. The minimum absolute atomic E-state index is 0.132. The zero-order valence-electron chi connectivity index (χ0n) is 13.1. The first-order valence-electron chi connectivity index (χ1n) is 7.49. The zero-order valence-corrected chi connectivity index (χ0v) is 13.1. The van der Waals surface area contributed by atoms with Gasteiger partial charge in [-0.1, -0.05) is 42.5 Å². The minimum Gasteiger partial charge on any atom is -0.497 e. The first-order chi connectivity index (χ1) is 11.1. The van der Waals surface area contributed by atoms with Gasteiger partial charge in [0.05, 0.1) is 13.2 Å². The third-order valence-corrected chi connectivity index (χ3v) is 3.60. The number of ether oxygens (including phenoxy) is 1. The molecular formula is C18H22N2O3. The van der Waals surface area contributed by atoms with Gasteiger partial charge in [0.25, 0.3) is 0 Å². The summed E-state index contributed by atoms with van der Waals surface area (Å²) in [7, 11) is 1.57. The van der Waals surface area contributed by atoms with E-state index >= 15 is 0 Å². The summed E-state index contributed by atoms with van der Waals surface area (Å²) in [5, 5.41) is 12.8.